The highest BCUT2D eigenvalue weighted by molar-refractivity contribution is 8.26. The quantitative estimate of drug-likeness (QED) is 0.668. The predicted molar refractivity (Wildman–Crippen MR) is 98.0 cm³/mol. The molecule has 0 aromatic heterocycles. The lowest BCUT2D eigenvalue weighted by atomic mass is 10.0. The predicted octanol–water partition coefficient (Wildman–Crippen LogP) is 3.13. The van der Waals surface area contributed by atoms with Crippen LogP contribution in [0.1, 0.15) is 5.56 Å². The van der Waals surface area contributed by atoms with Crippen LogP contribution in [-0.2, 0) is 9.59 Å². The van der Waals surface area contributed by atoms with E-state index in [1.54, 1.807) is 13.2 Å². The Bertz CT molecular complexity index is 891. The number of hydrogen-bond donors (Lipinski definition) is 1. The van der Waals surface area contributed by atoms with Gasteiger partial charge in [0.1, 0.15) is 16.6 Å². The van der Waals surface area contributed by atoms with Gasteiger partial charge in [0.05, 0.1) is 12.0 Å². The van der Waals surface area contributed by atoms with Crippen molar-refractivity contribution in [2.75, 3.05) is 13.7 Å². The Morgan fingerprint density at radius 3 is 2.67 bits per heavy atom. The lowest BCUT2D eigenvalue weighted by Gasteiger charge is -2.10. The Kier molecular flexibility index (Phi) is 4.55. The van der Waals surface area contributed by atoms with Crippen molar-refractivity contribution in [1.82, 2.24) is 4.90 Å². The first kappa shape index (κ1) is 16.5. The fourth-order valence-electron chi connectivity index (χ4n) is 2.51. The summed E-state index contributed by atoms with van der Waals surface area (Å²) in [6.45, 7) is -0.425. The highest BCUT2D eigenvalue weighted by atomic mass is 32.2. The van der Waals surface area contributed by atoms with E-state index in [1.165, 1.54) is 0 Å². The Morgan fingerprint density at radius 1 is 1.29 bits per heavy atom. The van der Waals surface area contributed by atoms with Gasteiger partial charge < -0.3 is 9.84 Å². The van der Waals surface area contributed by atoms with E-state index in [-0.39, 0.29) is 10.2 Å². The van der Waals surface area contributed by atoms with Gasteiger partial charge in [-0.2, -0.15) is 0 Å². The van der Waals surface area contributed by atoms with Crippen molar-refractivity contribution in [3.8, 4) is 5.75 Å². The van der Waals surface area contributed by atoms with Gasteiger partial charge >= 0.3 is 5.97 Å². The van der Waals surface area contributed by atoms with Gasteiger partial charge in [0.15, 0.2) is 0 Å². The lowest BCUT2D eigenvalue weighted by molar-refractivity contribution is -0.140. The minimum atomic E-state index is -1.09. The Labute approximate surface area is 147 Å². The van der Waals surface area contributed by atoms with Crippen molar-refractivity contribution in [1.29, 1.82) is 0 Å². The van der Waals surface area contributed by atoms with Gasteiger partial charge in [0.2, 0.25) is 0 Å². The van der Waals surface area contributed by atoms with Crippen LogP contribution < -0.4 is 4.74 Å². The van der Waals surface area contributed by atoms with Crippen LogP contribution in [0.15, 0.2) is 41.3 Å². The minimum Gasteiger partial charge on any atom is -0.496 e. The van der Waals surface area contributed by atoms with Gasteiger partial charge in [-0.1, -0.05) is 54.3 Å². The largest absolute Gasteiger partial charge is 0.496 e. The summed E-state index contributed by atoms with van der Waals surface area (Å²) in [5, 5.41) is 10.8. The smallest absolute Gasteiger partial charge is 0.323 e. The summed E-state index contributed by atoms with van der Waals surface area (Å²) in [6.07, 6.45) is 1.74. The first-order valence-corrected chi connectivity index (χ1v) is 8.26. The summed E-state index contributed by atoms with van der Waals surface area (Å²) in [5.41, 5.74) is 0.849. The van der Waals surface area contributed by atoms with Crippen LogP contribution in [0.5, 0.6) is 5.75 Å². The highest BCUT2D eigenvalue weighted by Gasteiger charge is 2.33. The fourth-order valence-corrected chi connectivity index (χ4v) is 3.76. The molecule has 1 aliphatic heterocycles. The van der Waals surface area contributed by atoms with Crippen molar-refractivity contribution < 1.29 is 19.4 Å². The van der Waals surface area contributed by atoms with E-state index in [9.17, 15) is 9.59 Å². The van der Waals surface area contributed by atoms with Crippen molar-refractivity contribution >= 4 is 57.0 Å². The molecule has 0 bridgehead atoms. The van der Waals surface area contributed by atoms with Crippen LogP contribution >= 0.6 is 24.0 Å². The zero-order valence-corrected chi connectivity index (χ0v) is 14.3. The highest BCUT2D eigenvalue weighted by Crippen LogP contribution is 2.35. The van der Waals surface area contributed by atoms with Crippen molar-refractivity contribution in [2.45, 2.75) is 0 Å². The molecule has 0 aliphatic carbocycles. The second-order valence-electron chi connectivity index (χ2n) is 5.06. The molecule has 1 aliphatic rings. The number of carbonyl (C=O) groups excluding carboxylic acids is 1. The number of thioether (sulfide) groups is 1. The SMILES string of the molecule is COc1ccc(/C=C2\SC(=S)N(CC(=O)O)C2=O)c2ccccc12. The van der Waals surface area contributed by atoms with Gasteiger partial charge in [-0.3, -0.25) is 14.5 Å². The molecule has 1 N–H and O–H groups in total. The summed E-state index contributed by atoms with van der Waals surface area (Å²) >= 11 is 6.22. The van der Waals surface area contributed by atoms with Gasteiger partial charge in [-0.15, -0.1) is 0 Å². The number of fused-ring (bicyclic) bond motifs is 1. The summed E-state index contributed by atoms with van der Waals surface area (Å²) < 4.78 is 5.62. The topological polar surface area (TPSA) is 66.8 Å². The Morgan fingerprint density at radius 2 is 2.00 bits per heavy atom. The van der Waals surface area contributed by atoms with Gasteiger partial charge in [-0.25, -0.2) is 0 Å². The van der Waals surface area contributed by atoms with Crippen LogP contribution in [0, 0.1) is 0 Å². The zero-order valence-electron chi connectivity index (χ0n) is 12.7. The standard InChI is InChI=1S/C17H13NO4S2/c1-22-13-7-6-10(11-4-2-3-5-12(11)13)8-14-16(21)18(9-15(19)20)17(23)24-14/h2-8H,9H2,1H3,(H,19,20)/b14-8-. The molecule has 2 aromatic rings. The second kappa shape index (κ2) is 6.62. The van der Waals surface area contributed by atoms with E-state index in [4.69, 9.17) is 22.1 Å². The number of amides is 1. The second-order valence-corrected chi connectivity index (χ2v) is 6.74. The fraction of sp³-hybridized carbons (Fsp3) is 0.118. The molecule has 5 nitrogen and oxygen atoms in total. The first-order chi connectivity index (χ1) is 11.5. The van der Waals surface area contributed by atoms with Crippen LogP contribution in [0.2, 0.25) is 0 Å². The average molecular weight is 359 g/mol. The molecule has 0 unspecified atom stereocenters. The number of carboxylic acids is 1. The van der Waals surface area contributed by atoms with E-state index >= 15 is 0 Å². The van der Waals surface area contributed by atoms with Crippen LogP contribution in [0.25, 0.3) is 16.8 Å². The number of ether oxygens (including phenoxy) is 1. The summed E-state index contributed by atoms with van der Waals surface area (Å²) in [5.74, 6) is -0.726. The molecule has 2 aromatic carbocycles. The minimum absolute atomic E-state index is 0.256. The maximum absolute atomic E-state index is 12.4. The number of nitrogens with zero attached hydrogens (tertiary/aromatic N) is 1. The molecule has 1 amide bonds. The van der Waals surface area contributed by atoms with Crippen molar-refractivity contribution in [3.63, 3.8) is 0 Å². The number of carboxylic acid groups (broad SMARTS) is 1. The maximum Gasteiger partial charge on any atom is 0.323 e. The molecular weight excluding hydrogens is 346 g/mol. The number of aliphatic carboxylic acids is 1. The summed E-state index contributed by atoms with van der Waals surface area (Å²) in [6, 6.07) is 11.4. The maximum atomic E-state index is 12.4. The monoisotopic (exact) mass is 359 g/mol. The molecule has 122 valence electrons. The van der Waals surface area contributed by atoms with Crippen LogP contribution in [0.3, 0.4) is 0 Å². The molecular formula is C17H13NO4S2. The molecule has 24 heavy (non-hydrogen) atoms. The molecule has 1 saturated heterocycles. The summed E-state index contributed by atoms with van der Waals surface area (Å²) in [7, 11) is 1.61. The molecule has 1 fully saturated rings. The molecule has 1 heterocycles. The number of rotatable bonds is 4. The van der Waals surface area contributed by atoms with Crippen molar-refractivity contribution in [3.05, 3.63) is 46.9 Å². The molecule has 0 radical (unpaired) electrons. The molecule has 0 spiro atoms. The van der Waals surface area contributed by atoms with Crippen molar-refractivity contribution in [2.24, 2.45) is 0 Å². The third-order valence-electron chi connectivity index (χ3n) is 3.59. The van der Waals surface area contributed by atoms with E-state index < -0.39 is 12.5 Å². The average Bonchev–Trinajstić information content (AvgIpc) is 2.82. The first-order valence-electron chi connectivity index (χ1n) is 7.04. The van der Waals surface area contributed by atoms with E-state index in [1.807, 2.05) is 36.4 Å². The number of thiocarbonyl (C=S) groups is 1. The van der Waals surface area contributed by atoms with Crippen LogP contribution in [-0.4, -0.2) is 39.9 Å². The number of methoxy groups -OCH3 is 1. The zero-order chi connectivity index (χ0) is 17.3. The molecule has 0 atom stereocenters. The van der Waals surface area contributed by atoms with E-state index in [2.05, 4.69) is 0 Å². The van der Waals surface area contributed by atoms with Gasteiger partial charge in [0, 0.05) is 5.39 Å². The van der Waals surface area contributed by atoms with Crippen LogP contribution in [0.4, 0.5) is 0 Å². The Balaban J connectivity index is 2.04. The number of benzene rings is 2. The lowest BCUT2D eigenvalue weighted by Crippen LogP contribution is -2.33. The third kappa shape index (κ3) is 3.00. The molecule has 3 rings (SSSR count). The number of hydrogen-bond acceptors (Lipinski definition) is 5. The third-order valence-corrected chi connectivity index (χ3v) is 4.97. The summed E-state index contributed by atoms with van der Waals surface area (Å²) in [4.78, 5) is 24.7. The Hall–Kier alpha value is -2.38. The van der Waals surface area contributed by atoms with E-state index in [0.29, 0.717) is 4.91 Å². The van der Waals surface area contributed by atoms with E-state index in [0.717, 1.165) is 38.7 Å². The van der Waals surface area contributed by atoms with Gasteiger partial charge in [-0.05, 0) is 23.1 Å². The normalized spacial score (nSPS) is 16.2. The molecule has 0 saturated carbocycles. The van der Waals surface area contributed by atoms with Gasteiger partial charge in [0.25, 0.3) is 5.91 Å². The number of carbonyl (C=O) groups is 2. The molecule has 7 heteroatoms.